The lowest BCUT2D eigenvalue weighted by atomic mass is 9.80. The Morgan fingerprint density at radius 2 is 1.94 bits per heavy atom. The van der Waals surface area contributed by atoms with Crippen molar-refractivity contribution in [3.8, 4) is 0 Å². The molecule has 0 bridgehead atoms. The number of amides is 1. The topological polar surface area (TPSA) is 75.4 Å². The standard InChI is InChI=1S/C14H26N2O2/c15-14(7-2-1-3-8-14)9-13(18)16-10-11-5-4-6-12(11)17/h11-12,17H,1-10,15H2,(H,16,18). The molecule has 18 heavy (non-hydrogen) atoms. The van der Waals surface area contributed by atoms with Crippen molar-refractivity contribution in [3.05, 3.63) is 0 Å². The summed E-state index contributed by atoms with van der Waals surface area (Å²) < 4.78 is 0. The highest BCUT2D eigenvalue weighted by Gasteiger charge is 2.31. The first-order valence-electron chi connectivity index (χ1n) is 7.33. The summed E-state index contributed by atoms with van der Waals surface area (Å²) in [4.78, 5) is 11.9. The molecule has 1 amide bonds. The second-order valence-electron chi connectivity index (χ2n) is 6.16. The summed E-state index contributed by atoms with van der Waals surface area (Å²) in [5, 5.41) is 12.6. The molecule has 4 nitrogen and oxygen atoms in total. The van der Waals surface area contributed by atoms with Gasteiger partial charge in [0.2, 0.25) is 5.91 Å². The van der Waals surface area contributed by atoms with Gasteiger partial charge in [0.1, 0.15) is 0 Å². The van der Waals surface area contributed by atoms with Crippen molar-refractivity contribution in [3.63, 3.8) is 0 Å². The second kappa shape index (κ2) is 6.02. The molecule has 2 unspecified atom stereocenters. The van der Waals surface area contributed by atoms with Gasteiger partial charge in [0.25, 0.3) is 0 Å². The van der Waals surface area contributed by atoms with Crippen LogP contribution in [0.4, 0.5) is 0 Å². The van der Waals surface area contributed by atoms with Gasteiger partial charge in [-0.15, -0.1) is 0 Å². The van der Waals surface area contributed by atoms with Gasteiger partial charge in [-0.25, -0.2) is 0 Å². The summed E-state index contributed by atoms with van der Waals surface area (Å²) in [6.07, 6.45) is 8.64. The average molecular weight is 254 g/mol. The number of nitrogens with two attached hydrogens (primary N) is 1. The van der Waals surface area contributed by atoms with Gasteiger partial charge in [0.15, 0.2) is 0 Å². The van der Waals surface area contributed by atoms with Crippen LogP contribution in [-0.4, -0.2) is 29.2 Å². The quantitative estimate of drug-likeness (QED) is 0.708. The molecule has 2 saturated carbocycles. The Morgan fingerprint density at radius 3 is 2.56 bits per heavy atom. The van der Waals surface area contributed by atoms with Crippen LogP contribution in [0.5, 0.6) is 0 Å². The fourth-order valence-corrected chi connectivity index (χ4v) is 3.32. The molecule has 0 radical (unpaired) electrons. The summed E-state index contributed by atoms with van der Waals surface area (Å²) >= 11 is 0. The average Bonchev–Trinajstić information content (AvgIpc) is 2.72. The van der Waals surface area contributed by atoms with E-state index in [0.717, 1.165) is 44.9 Å². The number of aliphatic hydroxyl groups is 1. The summed E-state index contributed by atoms with van der Waals surface area (Å²) in [7, 11) is 0. The number of rotatable bonds is 4. The molecule has 0 heterocycles. The van der Waals surface area contributed by atoms with E-state index in [1.165, 1.54) is 6.42 Å². The van der Waals surface area contributed by atoms with Crippen LogP contribution in [-0.2, 0) is 4.79 Å². The molecule has 0 spiro atoms. The Labute approximate surface area is 109 Å². The molecule has 2 aliphatic rings. The first-order valence-corrected chi connectivity index (χ1v) is 7.33. The molecule has 0 aromatic carbocycles. The van der Waals surface area contributed by atoms with Gasteiger partial charge >= 0.3 is 0 Å². The van der Waals surface area contributed by atoms with Gasteiger partial charge in [-0.05, 0) is 25.7 Å². The van der Waals surface area contributed by atoms with E-state index in [0.29, 0.717) is 13.0 Å². The third-order valence-corrected chi connectivity index (χ3v) is 4.54. The number of carbonyl (C=O) groups is 1. The van der Waals surface area contributed by atoms with Crippen LogP contribution in [0.1, 0.15) is 57.8 Å². The molecule has 0 saturated heterocycles. The second-order valence-corrected chi connectivity index (χ2v) is 6.16. The van der Waals surface area contributed by atoms with Crippen LogP contribution in [0.15, 0.2) is 0 Å². The number of nitrogens with one attached hydrogen (secondary N) is 1. The lowest BCUT2D eigenvalue weighted by Crippen LogP contribution is -2.46. The van der Waals surface area contributed by atoms with Gasteiger partial charge in [0, 0.05) is 24.4 Å². The molecule has 2 fully saturated rings. The zero-order valence-corrected chi connectivity index (χ0v) is 11.2. The minimum atomic E-state index is -0.281. The van der Waals surface area contributed by atoms with E-state index >= 15 is 0 Å². The summed E-state index contributed by atoms with van der Waals surface area (Å²) in [5.74, 6) is 0.299. The normalized spacial score (nSPS) is 31.2. The van der Waals surface area contributed by atoms with Gasteiger partial charge in [-0.2, -0.15) is 0 Å². The zero-order chi connectivity index (χ0) is 13.0. The van der Waals surface area contributed by atoms with E-state index in [1.807, 2.05) is 0 Å². The maximum Gasteiger partial charge on any atom is 0.221 e. The van der Waals surface area contributed by atoms with Gasteiger partial charge in [-0.1, -0.05) is 25.7 Å². The fraction of sp³-hybridized carbons (Fsp3) is 0.929. The van der Waals surface area contributed by atoms with Crippen molar-refractivity contribution in [1.82, 2.24) is 5.32 Å². The highest BCUT2D eigenvalue weighted by atomic mass is 16.3. The summed E-state index contributed by atoms with van der Waals surface area (Å²) in [6, 6.07) is 0. The van der Waals surface area contributed by atoms with Crippen LogP contribution in [0.25, 0.3) is 0 Å². The molecular weight excluding hydrogens is 228 g/mol. The Bertz CT molecular complexity index is 288. The highest BCUT2D eigenvalue weighted by Crippen LogP contribution is 2.29. The fourth-order valence-electron chi connectivity index (χ4n) is 3.32. The van der Waals surface area contributed by atoms with Crippen LogP contribution < -0.4 is 11.1 Å². The maximum atomic E-state index is 11.9. The van der Waals surface area contributed by atoms with Crippen LogP contribution >= 0.6 is 0 Å². The molecular formula is C14H26N2O2. The first kappa shape index (κ1) is 13.8. The van der Waals surface area contributed by atoms with Crippen molar-refractivity contribution in [2.75, 3.05) is 6.54 Å². The Balaban J connectivity index is 1.71. The Hall–Kier alpha value is -0.610. The zero-order valence-electron chi connectivity index (χ0n) is 11.2. The van der Waals surface area contributed by atoms with E-state index in [9.17, 15) is 9.90 Å². The van der Waals surface area contributed by atoms with Crippen molar-refractivity contribution >= 4 is 5.91 Å². The first-order chi connectivity index (χ1) is 8.59. The van der Waals surface area contributed by atoms with Crippen molar-refractivity contribution < 1.29 is 9.90 Å². The third-order valence-electron chi connectivity index (χ3n) is 4.54. The predicted molar refractivity (Wildman–Crippen MR) is 71.0 cm³/mol. The minimum Gasteiger partial charge on any atom is -0.393 e. The number of aliphatic hydroxyl groups excluding tert-OH is 1. The molecule has 2 rings (SSSR count). The predicted octanol–water partition coefficient (Wildman–Crippen LogP) is 1.32. The maximum absolute atomic E-state index is 11.9. The van der Waals surface area contributed by atoms with Crippen LogP contribution in [0.2, 0.25) is 0 Å². The molecule has 4 heteroatoms. The van der Waals surface area contributed by atoms with Crippen molar-refractivity contribution in [2.24, 2.45) is 11.7 Å². The largest absolute Gasteiger partial charge is 0.393 e. The summed E-state index contributed by atoms with van der Waals surface area (Å²) in [5.41, 5.74) is 5.98. The third kappa shape index (κ3) is 3.69. The van der Waals surface area contributed by atoms with Gasteiger partial charge in [-0.3, -0.25) is 4.79 Å². The molecule has 0 aliphatic heterocycles. The Kier molecular flexibility index (Phi) is 4.62. The van der Waals surface area contributed by atoms with E-state index in [4.69, 9.17) is 5.73 Å². The monoisotopic (exact) mass is 254 g/mol. The smallest absolute Gasteiger partial charge is 0.221 e. The van der Waals surface area contributed by atoms with E-state index in [1.54, 1.807) is 0 Å². The lowest BCUT2D eigenvalue weighted by Gasteiger charge is -2.32. The van der Waals surface area contributed by atoms with Crippen LogP contribution in [0.3, 0.4) is 0 Å². The molecule has 2 aliphatic carbocycles. The molecule has 0 aromatic heterocycles. The molecule has 104 valence electrons. The van der Waals surface area contributed by atoms with E-state index < -0.39 is 0 Å². The number of hydrogen-bond acceptors (Lipinski definition) is 3. The van der Waals surface area contributed by atoms with Gasteiger partial charge in [0.05, 0.1) is 6.10 Å². The molecule has 0 aromatic rings. The molecule has 4 N–H and O–H groups in total. The number of carbonyl (C=O) groups excluding carboxylic acids is 1. The van der Waals surface area contributed by atoms with Gasteiger partial charge < -0.3 is 16.2 Å². The number of hydrogen-bond donors (Lipinski definition) is 3. The SMILES string of the molecule is NC1(CC(=O)NCC2CCCC2O)CCCCC1. The van der Waals surface area contributed by atoms with Crippen molar-refractivity contribution in [2.45, 2.75) is 69.4 Å². The van der Waals surface area contributed by atoms with Crippen molar-refractivity contribution in [1.29, 1.82) is 0 Å². The minimum absolute atomic E-state index is 0.0542. The molecule has 2 atom stereocenters. The van der Waals surface area contributed by atoms with E-state index in [-0.39, 0.29) is 23.5 Å². The Morgan fingerprint density at radius 1 is 1.22 bits per heavy atom. The highest BCUT2D eigenvalue weighted by molar-refractivity contribution is 5.77. The summed E-state index contributed by atoms with van der Waals surface area (Å²) in [6.45, 7) is 0.607. The van der Waals surface area contributed by atoms with Crippen LogP contribution in [0, 0.1) is 5.92 Å². The van der Waals surface area contributed by atoms with E-state index in [2.05, 4.69) is 5.32 Å². The lowest BCUT2D eigenvalue weighted by molar-refractivity contribution is -0.122.